The molecule has 148 valence electrons. The molecule has 1 aromatic heterocycles. The van der Waals surface area contributed by atoms with Crippen LogP contribution in [0.5, 0.6) is 0 Å². The monoisotopic (exact) mass is 399 g/mol. The normalized spacial score (nSPS) is 14.6. The summed E-state index contributed by atoms with van der Waals surface area (Å²) in [6.07, 6.45) is 0.502. The number of hydrogen-bond acceptors (Lipinski definition) is 5. The van der Waals surface area contributed by atoms with E-state index in [0.717, 1.165) is 24.5 Å². The number of carbonyl (C=O) groups is 3. The first-order valence-electron chi connectivity index (χ1n) is 9.53. The second-order valence-corrected chi connectivity index (χ2v) is 7.69. The van der Waals surface area contributed by atoms with Crippen LogP contribution in [0.2, 0.25) is 0 Å². The molecule has 0 aliphatic carbocycles. The minimum absolute atomic E-state index is 0.00840. The standard InChI is InChI=1S/C21H25N3O3S/c25-18(17-5-2-1-3-6-17)8-9-20(26)24-14-12-23(13-15-24)11-10-22-21(27)19-7-4-16-28-19/h1-7,16H,8-15H2,(H,22,27). The summed E-state index contributed by atoms with van der Waals surface area (Å²) in [6.45, 7) is 4.26. The molecular formula is C21H25N3O3S. The van der Waals surface area contributed by atoms with Gasteiger partial charge in [0.05, 0.1) is 4.88 Å². The van der Waals surface area contributed by atoms with Gasteiger partial charge in [-0.3, -0.25) is 19.3 Å². The highest BCUT2D eigenvalue weighted by Crippen LogP contribution is 2.10. The maximum absolute atomic E-state index is 12.4. The number of piperazine rings is 1. The van der Waals surface area contributed by atoms with E-state index in [1.54, 1.807) is 12.1 Å². The number of ketones is 1. The molecule has 6 nitrogen and oxygen atoms in total. The number of benzene rings is 1. The topological polar surface area (TPSA) is 69.7 Å². The van der Waals surface area contributed by atoms with Gasteiger partial charge in [-0.05, 0) is 11.4 Å². The summed E-state index contributed by atoms with van der Waals surface area (Å²) in [6, 6.07) is 12.8. The molecule has 1 saturated heterocycles. The molecule has 0 bridgehead atoms. The van der Waals surface area contributed by atoms with Crippen LogP contribution in [-0.2, 0) is 4.79 Å². The Kier molecular flexibility index (Phi) is 7.33. The van der Waals surface area contributed by atoms with E-state index < -0.39 is 0 Å². The number of thiophene rings is 1. The van der Waals surface area contributed by atoms with Crippen LogP contribution in [-0.4, -0.2) is 66.7 Å². The van der Waals surface area contributed by atoms with E-state index in [-0.39, 0.29) is 30.4 Å². The van der Waals surface area contributed by atoms with Gasteiger partial charge in [-0.2, -0.15) is 0 Å². The van der Waals surface area contributed by atoms with E-state index in [4.69, 9.17) is 0 Å². The predicted molar refractivity (Wildman–Crippen MR) is 110 cm³/mol. The smallest absolute Gasteiger partial charge is 0.261 e. The highest BCUT2D eigenvalue weighted by Gasteiger charge is 2.21. The summed E-state index contributed by atoms with van der Waals surface area (Å²) in [4.78, 5) is 41.2. The first-order chi connectivity index (χ1) is 13.6. The molecule has 0 unspecified atom stereocenters. The van der Waals surface area contributed by atoms with Gasteiger partial charge in [0.2, 0.25) is 5.91 Å². The minimum Gasteiger partial charge on any atom is -0.350 e. The van der Waals surface area contributed by atoms with Crippen LogP contribution in [0.4, 0.5) is 0 Å². The molecule has 0 atom stereocenters. The van der Waals surface area contributed by atoms with E-state index in [0.29, 0.717) is 25.2 Å². The van der Waals surface area contributed by atoms with Crippen molar-refractivity contribution in [1.82, 2.24) is 15.1 Å². The molecule has 1 aromatic carbocycles. The van der Waals surface area contributed by atoms with E-state index >= 15 is 0 Å². The van der Waals surface area contributed by atoms with Crippen molar-refractivity contribution in [2.75, 3.05) is 39.3 Å². The highest BCUT2D eigenvalue weighted by atomic mass is 32.1. The third-order valence-electron chi connectivity index (χ3n) is 4.85. The van der Waals surface area contributed by atoms with E-state index in [2.05, 4.69) is 10.2 Å². The van der Waals surface area contributed by atoms with Gasteiger partial charge in [-0.1, -0.05) is 36.4 Å². The zero-order chi connectivity index (χ0) is 19.8. The Bertz CT molecular complexity index is 784. The Hall–Kier alpha value is -2.51. The number of Topliss-reactive ketones (excluding diaryl/α,β-unsaturated/α-hetero) is 1. The van der Waals surface area contributed by atoms with Crippen molar-refractivity contribution in [1.29, 1.82) is 0 Å². The van der Waals surface area contributed by atoms with Crippen LogP contribution in [0.3, 0.4) is 0 Å². The van der Waals surface area contributed by atoms with Gasteiger partial charge < -0.3 is 10.2 Å². The lowest BCUT2D eigenvalue weighted by Crippen LogP contribution is -2.50. The summed E-state index contributed by atoms with van der Waals surface area (Å²) >= 11 is 1.43. The molecule has 0 saturated carbocycles. The van der Waals surface area contributed by atoms with Crippen LogP contribution in [0.25, 0.3) is 0 Å². The van der Waals surface area contributed by atoms with E-state index in [9.17, 15) is 14.4 Å². The second-order valence-electron chi connectivity index (χ2n) is 6.74. The third kappa shape index (κ3) is 5.74. The fraction of sp³-hybridized carbons (Fsp3) is 0.381. The number of amides is 2. The zero-order valence-corrected chi connectivity index (χ0v) is 16.6. The van der Waals surface area contributed by atoms with Crippen molar-refractivity contribution in [3.05, 3.63) is 58.3 Å². The molecule has 1 fully saturated rings. The van der Waals surface area contributed by atoms with Crippen LogP contribution >= 0.6 is 11.3 Å². The number of nitrogens with zero attached hydrogens (tertiary/aromatic N) is 2. The Morgan fingerprint density at radius 2 is 1.68 bits per heavy atom. The van der Waals surface area contributed by atoms with Crippen molar-refractivity contribution in [2.24, 2.45) is 0 Å². The molecular weight excluding hydrogens is 374 g/mol. The molecule has 7 heteroatoms. The molecule has 1 aliphatic heterocycles. The van der Waals surface area contributed by atoms with Gasteiger partial charge >= 0.3 is 0 Å². The molecule has 0 radical (unpaired) electrons. The molecule has 1 N–H and O–H groups in total. The van der Waals surface area contributed by atoms with Gasteiger partial charge in [0.15, 0.2) is 5.78 Å². The van der Waals surface area contributed by atoms with Gasteiger partial charge in [0, 0.05) is 57.7 Å². The molecule has 2 aromatic rings. The highest BCUT2D eigenvalue weighted by molar-refractivity contribution is 7.12. The number of carbonyl (C=O) groups excluding carboxylic acids is 3. The van der Waals surface area contributed by atoms with Crippen molar-refractivity contribution >= 4 is 28.9 Å². The van der Waals surface area contributed by atoms with Crippen molar-refractivity contribution in [2.45, 2.75) is 12.8 Å². The quantitative estimate of drug-likeness (QED) is 0.692. The number of nitrogens with one attached hydrogen (secondary N) is 1. The van der Waals surface area contributed by atoms with Gasteiger partial charge in [0.1, 0.15) is 0 Å². The van der Waals surface area contributed by atoms with Crippen LogP contribution in [0.1, 0.15) is 32.9 Å². The average molecular weight is 400 g/mol. The summed E-state index contributed by atoms with van der Waals surface area (Å²) < 4.78 is 0. The van der Waals surface area contributed by atoms with E-state index in [1.807, 2.05) is 40.6 Å². The van der Waals surface area contributed by atoms with Crippen molar-refractivity contribution in [3.63, 3.8) is 0 Å². The fourth-order valence-electron chi connectivity index (χ4n) is 3.19. The number of rotatable bonds is 8. The largest absolute Gasteiger partial charge is 0.350 e. The molecule has 1 aliphatic rings. The van der Waals surface area contributed by atoms with Crippen molar-refractivity contribution in [3.8, 4) is 0 Å². The summed E-state index contributed by atoms with van der Waals surface area (Å²) in [5, 5.41) is 4.81. The maximum atomic E-state index is 12.4. The minimum atomic E-state index is -0.0353. The van der Waals surface area contributed by atoms with Gasteiger partial charge in [-0.25, -0.2) is 0 Å². The lowest BCUT2D eigenvalue weighted by molar-refractivity contribution is -0.132. The van der Waals surface area contributed by atoms with Crippen molar-refractivity contribution < 1.29 is 14.4 Å². The maximum Gasteiger partial charge on any atom is 0.261 e. The van der Waals surface area contributed by atoms with Gasteiger partial charge in [-0.15, -0.1) is 11.3 Å². The van der Waals surface area contributed by atoms with Gasteiger partial charge in [0.25, 0.3) is 5.91 Å². The molecule has 0 spiro atoms. The Morgan fingerprint density at radius 3 is 2.36 bits per heavy atom. The van der Waals surface area contributed by atoms with Crippen LogP contribution in [0, 0.1) is 0 Å². The number of hydrogen-bond donors (Lipinski definition) is 1. The first-order valence-corrected chi connectivity index (χ1v) is 10.4. The summed E-state index contributed by atoms with van der Waals surface area (Å²) in [5.41, 5.74) is 0.657. The lowest BCUT2D eigenvalue weighted by Gasteiger charge is -2.34. The SMILES string of the molecule is O=C(CCC(=O)N1CCN(CCNC(=O)c2cccs2)CC1)c1ccccc1. The third-order valence-corrected chi connectivity index (χ3v) is 5.71. The molecule has 2 amide bonds. The van der Waals surface area contributed by atoms with E-state index in [1.165, 1.54) is 11.3 Å². The molecule has 28 heavy (non-hydrogen) atoms. The van der Waals surface area contributed by atoms with Crippen LogP contribution < -0.4 is 5.32 Å². The Morgan fingerprint density at radius 1 is 0.929 bits per heavy atom. The summed E-state index contributed by atoms with van der Waals surface area (Å²) in [7, 11) is 0. The average Bonchev–Trinajstić information content (AvgIpc) is 3.28. The lowest BCUT2D eigenvalue weighted by atomic mass is 10.1. The Balaban J connectivity index is 1.32. The zero-order valence-electron chi connectivity index (χ0n) is 15.8. The summed E-state index contributed by atoms with van der Waals surface area (Å²) in [5.74, 6) is 0.0101. The fourth-order valence-corrected chi connectivity index (χ4v) is 3.83. The van der Waals surface area contributed by atoms with Crippen LogP contribution in [0.15, 0.2) is 47.8 Å². The Labute approximate surface area is 169 Å². The molecule has 3 rings (SSSR count). The first kappa shape index (κ1) is 20.2. The molecule has 2 heterocycles. The second kappa shape index (κ2) is 10.1. The predicted octanol–water partition coefficient (Wildman–Crippen LogP) is 2.29.